The third kappa shape index (κ3) is 4.04. The summed E-state index contributed by atoms with van der Waals surface area (Å²) < 4.78 is 8.01. The molecule has 0 amide bonds. The summed E-state index contributed by atoms with van der Waals surface area (Å²) in [6.07, 6.45) is 2.54. The van der Waals surface area contributed by atoms with Crippen LogP contribution in [0.25, 0.3) is 0 Å². The van der Waals surface area contributed by atoms with E-state index < -0.39 is 0 Å². The van der Waals surface area contributed by atoms with E-state index in [1.54, 1.807) is 18.1 Å². The number of benzene rings is 1. The van der Waals surface area contributed by atoms with Crippen LogP contribution < -0.4 is 10.1 Å². The first-order valence-corrected chi connectivity index (χ1v) is 6.86. The van der Waals surface area contributed by atoms with E-state index in [-0.39, 0.29) is 0 Å². The lowest BCUT2D eigenvalue weighted by molar-refractivity contribution is 0.414. The van der Waals surface area contributed by atoms with Gasteiger partial charge in [0.15, 0.2) is 5.82 Å². The average molecular weight is 325 g/mol. The lowest BCUT2D eigenvalue weighted by Gasteiger charge is -2.08. The Morgan fingerprint density at radius 1 is 1.42 bits per heavy atom. The Bertz CT molecular complexity index is 541. The Balaban J connectivity index is 1.82. The van der Waals surface area contributed by atoms with Crippen molar-refractivity contribution < 1.29 is 4.74 Å². The van der Waals surface area contributed by atoms with Crippen LogP contribution in [0.1, 0.15) is 11.4 Å². The van der Waals surface area contributed by atoms with Gasteiger partial charge in [-0.25, -0.2) is 4.98 Å². The Morgan fingerprint density at radius 3 is 2.95 bits per heavy atom. The standard InChI is InChI=1S/C13H17BrN4O/c1-18-9-16-13(17-18)5-6-15-8-10-7-11(19-2)3-4-12(10)14/h3-4,7,9,15H,5-6,8H2,1-2H3. The molecule has 6 heteroatoms. The number of rotatable bonds is 6. The number of ether oxygens (including phenoxy) is 1. The summed E-state index contributed by atoms with van der Waals surface area (Å²) >= 11 is 3.54. The van der Waals surface area contributed by atoms with E-state index in [1.807, 2.05) is 25.2 Å². The molecule has 0 aliphatic rings. The van der Waals surface area contributed by atoms with Crippen LogP contribution in [-0.4, -0.2) is 28.4 Å². The topological polar surface area (TPSA) is 52.0 Å². The summed E-state index contributed by atoms with van der Waals surface area (Å²) in [6.45, 7) is 1.62. The number of nitrogens with zero attached hydrogens (tertiary/aromatic N) is 3. The molecule has 0 saturated carbocycles. The molecule has 102 valence electrons. The van der Waals surface area contributed by atoms with Gasteiger partial charge >= 0.3 is 0 Å². The fourth-order valence-corrected chi connectivity index (χ4v) is 2.12. The summed E-state index contributed by atoms with van der Waals surface area (Å²) in [4.78, 5) is 4.19. The van der Waals surface area contributed by atoms with Crippen molar-refractivity contribution in [2.45, 2.75) is 13.0 Å². The quantitative estimate of drug-likeness (QED) is 0.825. The number of hydrogen-bond donors (Lipinski definition) is 1. The zero-order chi connectivity index (χ0) is 13.7. The first-order valence-electron chi connectivity index (χ1n) is 6.06. The highest BCUT2D eigenvalue weighted by Gasteiger charge is 2.03. The van der Waals surface area contributed by atoms with Crippen LogP contribution in [0, 0.1) is 0 Å². The van der Waals surface area contributed by atoms with Crippen molar-refractivity contribution in [2.75, 3.05) is 13.7 Å². The Kier molecular flexibility index (Phi) is 4.93. The van der Waals surface area contributed by atoms with Crippen LogP contribution >= 0.6 is 15.9 Å². The number of nitrogens with one attached hydrogen (secondary N) is 1. The Hall–Kier alpha value is -1.40. The summed E-state index contributed by atoms with van der Waals surface area (Å²) in [7, 11) is 3.55. The number of methoxy groups -OCH3 is 1. The maximum atomic E-state index is 5.22. The molecule has 0 aliphatic carbocycles. The third-order valence-corrected chi connectivity index (χ3v) is 3.51. The third-order valence-electron chi connectivity index (χ3n) is 2.74. The fraction of sp³-hybridized carbons (Fsp3) is 0.385. The van der Waals surface area contributed by atoms with Crippen molar-refractivity contribution in [1.82, 2.24) is 20.1 Å². The molecule has 1 aromatic carbocycles. The van der Waals surface area contributed by atoms with Gasteiger partial charge in [0, 0.05) is 31.0 Å². The maximum Gasteiger partial charge on any atom is 0.151 e. The molecule has 0 bridgehead atoms. The van der Waals surface area contributed by atoms with Crippen LogP contribution in [0.15, 0.2) is 29.0 Å². The number of halogens is 1. The second-order valence-corrected chi connectivity index (χ2v) is 5.07. The van der Waals surface area contributed by atoms with Crippen molar-refractivity contribution in [3.8, 4) is 5.75 Å². The Morgan fingerprint density at radius 2 is 2.26 bits per heavy atom. The van der Waals surface area contributed by atoms with Crippen LogP contribution in [0.5, 0.6) is 5.75 Å². The molecule has 19 heavy (non-hydrogen) atoms. The van der Waals surface area contributed by atoms with E-state index in [0.29, 0.717) is 0 Å². The molecule has 1 aromatic heterocycles. The van der Waals surface area contributed by atoms with Gasteiger partial charge in [0.25, 0.3) is 0 Å². The summed E-state index contributed by atoms with van der Waals surface area (Å²) in [6, 6.07) is 5.96. The molecular formula is C13H17BrN4O. The highest BCUT2D eigenvalue weighted by atomic mass is 79.9. The molecule has 0 unspecified atom stereocenters. The van der Waals surface area contributed by atoms with Crippen molar-refractivity contribution >= 4 is 15.9 Å². The van der Waals surface area contributed by atoms with Crippen LogP contribution in [0.3, 0.4) is 0 Å². The number of aryl methyl sites for hydroxylation is 1. The van der Waals surface area contributed by atoms with E-state index in [0.717, 1.165) is 35.6 Å². The van der Waals surface area contributed by atoms with E-state index >= 15 is 0 Å². The molecule has 2 rings (SSSR count). The normalized spacial score (nSPS) is 10.7. The lowest BCUT2D eigenvalue weighted by atomic mass is 10.2. The van der Waals surface area contributed by atoms with Crippen molar-refractivity contribution in [3.63, 3.8) is 0 Å². The highest BCUT2D eigenvalue weighted by Crippen LogP contribution is 2.22. The zero-order valence-corrected chi connectivity index (χ0v) is 12.6. The first-order chi connectivity index (χ1) is 9.19. The molecule has 0 aliphatic heterocycles. The molecule has 5 nitrogen and oxygen atoms in total. The van der Waals surface area contributed by atoms with Crippen LogP contribution in [0.2, 0.25) is 0 Å². The summed E-state index contributed by atoms with van der Waals surface area (Å²) in [5, 5.41) is 7.61. The van der Waals surface area contributed by atoms with Gasteiger partial charge in [-0.3, -0.25) is 4.68 Å². The zero-order valence-electron chi connectivity index (χ0n) is 11.1. The molecule has 2 aromatic rings. The van der Waals surface area contributed by atoms with E-state index in [2.05, 4.69) is 31.3 Å². The Labute approximate surface area is 121 Å². The predicted molar refractivity (Wildman–Crippen MR) is 77.1 cm³/mol. The van der Waals surface area contributed by atoms with Gasteiger partial charge in [0.2, 0.25) is 0 Å². The highest BCUT2D eigenvalue weighted by molar-refractivity contribution is 9.10. The van der Waals surface area contributed by atoms with E-state index in [4.69, 9.17) is 4.74 Å². The second-order valence-electron chi connectivity index (χ2n) is 4.22. The molecule has 1 N–H and O–H groups in total. The van der Waals surface area contributed by atoms with Crippen molar-refractivity contribution in [2.24, 2.45) is 7.05 Å². The average Bonchev–Trinajstić information content (AvgIpc) is 2.82. The van der Waals surface area contributed by atoms with Gasteiger partial charge in [-0.1, -0.05) is 15.9 Å². The minimum Gasteiger partial charge on any atom is -0.497 e. The molecule has 0 fully saturated rings. The fourth-order valence-electron chi connectivity index (χ4n) is 1.74. The smallest absolute Gasteiger partial charge is 0.151 e. The van der Waals surface area contributed by atoms with Gasteiger partial charge in [0.05, 0.1) is 7.11 Å². The van der Waals surface area contributed by atoms with E-state index in [9.17, 15) is 0 Å². The lowest BCUT2D eigenvalue weighted by Crippen LogP contribution is -2.17. The van der Waals surface area contributed by atoms with Gasteiger partial charge in [0.1, 0.15) is 12.1 Å². The van der Waals surface area contributed by atoms with E-state index in [1.165, 1.54) is 5.56 Å². The minimum atomic E-state index is 0.782. The first kappa shape index (κ1) is 14.0. The molecule has 0 radical (unpaired) electrons. The van der Waals surface area contributed by atoms with Gasteiger partial charge in [-0.15, -0.1) is 0 Å². The molecule has 0 spiro atoms. The minimum absolute atomic E-state index is 0.782. The molecule has 1 heterocycles. The summed E-state index contributed by atoms with van der Waals surface area (Å²) in [5.74, 6) is 1.73. The van der Waals surface area contributed by atoms with Gasteiger partial charge in [-0.05, 0) is 23.8 Å². The largest absolute Gasteiger partial charge is 0.497 e. The molecule has 0 atom stereocenters. The van der Waals surface area contributed by atoms with Crippen molar-refractivity contribution in [1.29, 1.82) is 0 Å². The van der Waals surface area contributed by atoms with Crippen LogP contribution in [-0.2, 0) is 20.0 Å². The van der Waals surface area contributed by atoms with Gasteiger partial charge < -0.3 is 10.1 Å². The van der Waals surface area contributed by atoms with Gasteiger partial charge in [-0.2, -0.15) is 5.10 Å². The number of hydrogen-bond acceptors (Lipinski definition) is 4. The predicted octanol–water partition coefficient (Wildman–Crippen LogP) is 1.92. The second kappa shape index (κ2) is 6.68. The SMILES string of the molecule is COc1ccc(Br)c(CNCCc2ncn(C)n2)c1. The van der Waals surface area contributed by atoms with Crippen molar-refractivity contribution in [3.05, 3.63) is 40.4 Å². The summed E-state index contributed by atoms with van der Waals surface area (Å²) in [5.41, 5.74) is 1.17. The van der Waals surface area contributed by atoms with Crippen LogP contribution in [0.4, 0.5) is 0 Å². The molecular weight excluding hydrogens is 308 g/mol. The number of aromatic nitrogens is 3. The monoisotopic (exact) mass is 324 g/mol. The maximum absolute atomic E-state index is 5.22. The molecule has 0 saturated heterocycles.